The van der Waals surface area contributed by atoms with Crippen LogP contribution in [-0.2, 0) is 0 Å². The van der Waals surface area contributed by atoms with Gasteiger partial charge in [-0.2, -0.15) is 0 Å². The molecule has 0 aromatic carbocycles. The molecule has 356 valence electrons. The molecule has 1 heterocycles. The predicted octanol–water partition coefficient (Wildman–Crippen LogP) is 16.0. The van der Waals surface area contributed by atoms with Gasteiger partial charge in [-0.25, -0.2) is 0 Å². The molecule has 0 atom stereocenters. The molecular weight excluding hydrogens is 769 g/mol. The Kier molecular flexibility index (Phi) is 16.0. The Balaban J connectivity index is 0.674. The summed E-state index contributed by atoms with van der Waals surface area (Å²) in [5, 5.41) is 9.46. The Labute approximate surface area is 388 Å². The maximum Gasteiger partial charge on any atom is 0.219 e. The van der Waals surface area contributed by atoms with Crippen molar-refractivity contribution in [1.29, 1.82) is 0 Å². The number of hydrogen-bond donors (Lipinski definition) is 0. The quantitative estimate of drug-likeness (QED) is 0.222. The van der Waals surface area contributed by atoms with Gasteiger partial charge in [0.15, 0.2) is 0 Å². The predicted molar refractivity (Wildman–Crippen MR) is 261 cm³/mol. The summed E-state index contributed by atoms with van der Waals surface area (Å²) in [6.45, 7) is 4.97. The summed E-state index contributed by atoms with van der Waals surface area (Å²) in [5.41, 5.74) is 0. The number of rotatable bonds is 11. The molecule has 9 aliphatic carbocycles. The minimum Gasteiger partial charge on any atom is -0.425 e. The van der Waals surface area contributed by atoms with Crippen molar-refractivity contribution in [2.24, 2.45) is 47.3 Å². The lowest BCUT2D eigenvalue weighted by Gasteiger charge is -2.51. The van der Waals surface area contributed by atoms with E-state index in [2.05, 4.69) is 23.6 Å². The van der Waals surface area contributed by atoms with Gasteiger partial charge < -0.3 is 4.42 Å². The summed E-state index contributed by atoms with van der Waals surface area (Å²) in [5.74, 6) is 10.8. The van der Waals surface area contributed by atoms with Crippen LogP contribution >= 0.6 is 0 Å². The van der Waals surface area contributed by atoms with Crippen LogP contribution in [0.15, 0.2) is 4.42 Å². The molecule has 1 aromatic rings. The summed E-state index contributed by atoms with van der Waals surface area (Å²) >= 11 is 0. The Bertz CT molecular complexity index is 1460. The second kappa shape index (κ2) is 22.0. The van der Waals surface area contributed by atoms with Crippen molar-refractivity contribution in [3.63, 3.8) is 0 Å². The maximum atomic E-state index is 6.56. The SMILES string of the molecule is CC1CCC(C2CCC(c3nnc(C4CCC(C5CCC(N(C6CCCCC6)C6CCC(C7CCC(N(C8CCCCC8)C8CCC(C)CC8)CC7)CC6)CC5)CC4)o3)CC2)CC1. The van der Waals surface area contributed by atoms with Crippen LogP contribution in [0, 0.1) is 47.3 Å². The smallest absolute Gasteiger partial charge is 0.219 e. The fourth-order valence-corrected chi connectivity index (χ4v) is 17.7. The van der Waals surface area contributed by atoms with Gasteiger partial charge in [0.25, 0.3) is 0 Å². The van der Waals surface area contributed by atoms with E-state index < -0.39 is 0 Å². The van der Waals surface area contributed by atoms with E-state index in [9.17, 15) is 0 Å². The van der Waals surface area contributed by atoms with E-state index in [0.29, 0.717) is 11.8 Å². The fraction of sp³-hybridized carbons (Fsp3) is 0.966. The third kappa shape index (κ3) is 11.2. The van der Waals surface area contributed by atoms with Gasteiger partial charge in [0.1, 0.15) is 0 Å². The van der Waals surface area contributed by atoms with Crippen molar-refractivity contribution in [3.05, 3.63) is 11.8 Å². The number of hydrogen-bond acceptors (Lipinski definition) is 5. The van der Waals surface area contributed by atoms with Crippen LogP contribution in [0.4, 0.5) is 0 Å². The van der Waals surface area contributed by atoms with Gasteiger partial charge in [0, 0.05) is 48.1 Å². The molecule has 1 aromatic heterocycles. The van der Waals surface area contributed by atoms with E-state index in [1.54, 1.807) is 12.8 Å². The summed E-state index contributed by atoms with van der Waals surface area (Å²) in [6.07, 6.45) is 55.5. The molecule has 63 heavy (non-hydrogen) atoms. The highest BCUT2D eigenvalue weighted by atomic mass is 16.4. The van der Waals surface area contributed by atoms with Crippen LogP contribution in [0.3, 0.4) is 0 Å². The molecule has 0 saturated heterocycles. The molecular formula is C58H98N4O. The second-order valence-electron chi connectivity index (χ2n) is 25.3. The van der Waals surface area contributed by atoms with Gasteiger partial charge in [-0.1, -0.05) is 65.2 Å². The topological polar surface area (TPSA) is 45.4 Å². The van der Waals surface area contributed by atoms with E-state index in [1.807, 2.05) is 0 Å². The maximum absolute atomic E-state index is 6.56. The summed E-state index contributed by atoms with van der Waals surface area (Å²) < 4.78 is 6.56. The molecule has 10 rings (SSSR count). The normalized spacial score (nSPS) is 42.1. The Morgan fingerprint density at radius 3 is 0.841 bits per heavy atom. The Morgan fingerprint density at radius 2 is 0.524 bits per heavy atom. The van der Waals surface area contributed by atoms with Gasteiger partial charge in [-0.05, 0) is 240 Å². The van der Waals surface area contributed by atoms with Crippen LogP contribution in [0.2, 0.25) is 0 Å². The first kappa shape index (κ1) is 45.8. The lowest BCUT2D eigenvalue weighted by molar-refractivity contribution is -0.0115. The first-order valence-corrected chi connectivity index (χ1v) is 29.4. The molecule has 5 nitrogen and oxygen atoms in total. The van der Waals surface area contributed by atoms with Crippen molar-refractivity contribution in [2.45, 2.75) is 306 Å². The fourth-order valence-electron chi connectivity index (χ4n) is 17.7. The van der Waals surface area contributed by atoms with E-state index in [4.69, 9.17) is 14.6 Å². The van der Waals surface area contributed by atoms with Gasteiger partial charge in [-0.15, -0.1) is 10.2 Å². The van der Waals surface area contributed by atoms with Gasteiger partial charge in [0.2, 0.25) is 11.8 Å². The molecule has 5 heteroatoms. The Morgan fingerprint density at radius 1 is 0.286 bits per heavy atom. The first-order chi connectivity index (χ1) is 31.0. The summed E-state index contributed by atoms with van der Waals surface area (Å²) in [7, 11) is 0. The van der Waals surface area contributed by atoms with Crippen molar-refractivity contribution < 1.29 is 4.42 Å². The highest BCUT2D eigenvalue weighted by molar-refractivity contribution is 5.01. The molecule has 0 unspecified atom stereocenters. The minimum atomic E-state index is 0.508. The van der Waals surface area contributed by atoms with Crippen LogP contribution in [0.25, 0.3) is 0 Å². The summed E-state index contributed by atoms with van der Waals surface area (Å²) in [4.78, 5) is 6.48. The lowest BCUT2D eigenvalue weighted by Crippen LogP contribution is -2.53. The lowest BCUT2D eigenvalue weighted by atomic mass is 9.68. The average molecular weight is 867 g/mol. The largest absolute Gasteiger partial charge is 0.425 e. The molecule has 0 amide bonds. The first-order valence-electron chi connectivity index (χ1n) is 29.4. The van der Waals surface area contributed by atoms with Crippen LogP contribution in [0.1, 0.15) is 281 Å². The molecule has 0 spiro atoms. The van der Waals surface area contributed by atoms with Gasteiger partial charge in [0.05, 0.1) is 0 Å². The van der Waals surface area contributed by atoms with Crippen molar-refractivity contribution in [2.75, 3.05) is 0 Å². The molecule has 0 radical (unpaired) electrons. The monoisotopic (exact) mass is 867 g/mol. The van der Waals surface area contributed by atoms with Gasteiger partial charge >= 0.3 is 0 Å². The second-order valence-corrected chi connectivity index (χ2v) is 25.3. The van der Waals surface area contributed by atoms with Crippen LogP contribution in [-0.4, -0.2) is 56.2 Å². The summed E-state index contributed by atoms with van der Waals surface area (Å²) in [6, 6.07) is 5.35. The molecule has 9 fully saturated rings. The molecule has 0 aliphatic heterocycles. The highest BCUT2D eigenvalue weighted by Gasteiger charge is 2.43. The zero-order chi connectivity index (χ0) is 42.5. The molecule has 0 N–H and O–H groups in total. The standard InChI is InChI=1S/C58H98N4O/c1-41-13-17-43(18-14-41)44-19-23-49(24-20-44)57-59-60-58(63-57)50-25-21-45(22-26-50)46-27-35-55(36-28-46)62(52-11-7-4-8-12-52)56-39-31-48(32-40-56)47-29-37-54(38-30-47)61(51-9-5-3-6-10-51)53-33-15-42(2)16-34-53/h41-56H,3-40H2,1-2H3. The minimum absolute atomic E-state index is 0.508. The third-order valence-corrected chi connectivity index (χ3v) is 21.6. The van der Waals surface area contributed by atoms with E-state index in [1.165, 1.54) is 231 Å². The molecule has 9 saturated carbocycles. The number of nitrogens with zero attached hydrogens (tertiary/aromatic N) is 4. The molecule has 0 bridgehead atoms. The zero-order valence-corrected chi connectivity index (χ0v) is 41.3. The average Bonchev–Trinajstić information content (AvgIpc) is 3.85. The van der Waals surface area contributed by atoms with E-state index in [0.717, 1.165) is 95.4 Å². The number of aromatic nitrogens is 2. The van der Waals surface area contributed by atoms with Crippen LogP contribution < -0.4 is 0 Å². The Hall–Kier alpha value is -0.940. The van der Waals surface area contributed by atoms with Crippen molar-refractivity contribution in [1.82, 2.24) is 20.0 Å². The van der Waals surface area contributed by atoms with Crippen molar-refractivity contribution in [3.8, 4) is 0 Å². The molecule has 9 aliphatic rings. The third-order valence-electron chi connectivity index (χ3n) is 21.6. The van der Waals surface area contributed by atoms with E-state index in [-0.39, 0.29) is 0 Å². The van der Waals surface area contributed by atoms with Crippen LogP contribution in [0.5, 0.6) is 0 Å². The highest BCUT2D eigenvalue weighted by Crippen LogP contribution is 2.49. The van der Waals surface area contributed by atoms with Crippen molar-refractivity contribution >= 4 is 0 Å². The zero-order valence-electron chi connectivity index (χ0n) is 41.3. The van der Waals surface area contributed by atoms with Gasteiger partial charge in [-0.3, -0.25) is 9.80 Å². The van der Waals surface area contributed by atoms with E-state index >= 15 is 0 Å².